The van der Waals surface area contributed by atoms with Gasteiger partial charge in [0, 0.05) is 0 Å². The summed E-state index contributed by atoms with van der Waals surface area (Å²) in [5.41, 5.74) is 0. The van der Waals surface area contributed by atoms with Gasteiger partial charge in [-0.3, -0.25) is 0 Å². The smallest absolute Gasteiger partial charge is 0.0149 e. The maximum atomic E-state index is 8.82. The third-order valence-electron chi connectivity index (χ3n) is 0. The van der Waals surface area contributed by atoms with Crippen LogP contribution in [0, 0.1) is 0 Å². The first-order chi connectivity index (χ1) is 2.00. The first-order valence-electron chi connectivity index (χ1n) is 0.698. The normalized spacial score (nSPS) is 8.29. The predicted molar refractivity (Wildman–Crippen MR) is 28.5 cm³/mol. The molecule has 48 valence electrons. The van der Waals surface area contributed by atoms with Gasteiger partial charge in [0.2, 0.25) is 0 Å². The zero-order valence-corrected chi connectivity index (χ0v) is 3.39. The van der Waals surface area contributed by atoms with Crippen LogP contribution in [0.5, 0.6) is 0 Å². The zero-order valence-electron chi connectivity index (χ0n) is 2.12. The Hall–Kier alpha value is 0.486. The van der Waals surface area contributed by atoms with Gasteiger partial charge in [-0.15, -0.1) is 0 Å². The largest absolute Gasteiger partial charge is 0.0149 e. The van der Waals surface area contributed by atoms with E-state index in [1.807, 2.05) is 0 Å². The van der Waals surface area contributed by atoms with Crippen LogP contribution in [-0.2, 0) is 21.2 Å². The van der Waals surface area contributed by atoms with E-state index in [1.54, 1.807) is 0 Å². The summed E-state index contributed by atoms with van der Waals surface area (Å²) in [4.78, 5) is 0. The van der Waals surface area contributed by atoms with Crippen LogP contribution in [0.25, 0.3) is 0 Å². The molecule has 0 atom stereocenters. The van der Waals surface area contributed by atoms with Gasteiger partial charge < -0.3 is 0 Å². The van der Waals surface area contributed by atoms with Crippen LogP contribution in [0.3, 0.4) is 0 Å². The summed E-state index contributed by atoms with van der Waals surface area (Å²) in [5.74, 6) is 0. The van der Waals surface area contributed by atoms with Gasteiger partial charge in [0.15, 0.2) is 0 Å². The Kier molecular flexibility index (Phi) is 10.4. The Morgan fingerprint density at radius 2 is 1.00 bits per heavy atom. The van der Waals surface area contributed by atoms with Crippen LogP contribution in [-0.4, -0.2) is 30.2 Å². The Balaban J connectivity index is -0.0000000800. The van der Waals surface area contributed by atoms with Crippen LogP contribution in [0.4, 0.5) is 0 Å². The van der Waals surface area contributed by atoms with Crippen molar-refractivity contribution in [1.82, 2.24) is 0 Å². The molecule has 0 aliphatic rings. The van der Waals surface area contributed by atoms with Gasteiger partial charge in [-0.1, -0.05) is 0 Å². The molecule has 0 fully saturated rings. The molecule has 7 heavy (non-hydrogen) atoms. The van der Waals surface area contributed by atoms with Crippen molar-refractivity contribution in [2.45, 2.75) is 0 Å². The second-order valence-corrected chi connectivity index (χ2v) is 1.85. The molecule has 0 aliphatic heterocycles. The van der Waals surface area contributed by atoms with Gasteiger partial charge in [-0.05, 0) is 21.9 Å². The van der Waals surface area contributed by atoms with Crippen LogP contribution in [0.15, 0.2) is 0 Å². The van der Waals surface area contributed by atoms with E-state index in [2.05, 4.69) is 0 Å². The van der Waals surface area contributed by atoms with Crippen LogP contribution >= 0.6 is 0 Å². The standard InChI is InChI=1S/Cr.2H2O.2O.2H4Si/h;2*1H2;;;2*1H4/q+2;;;;;;/p-2. The van der Waals surface area contributed by atoms with E-state index in [0.29, 0.717) is 0 Å². The molecule has 4 nitrogen and oxygen atoms in total. The first-order valence-corrected chi connectivity index (χ1v) is 2.88. The third kappa shape index (κ3) is 552. The molecule has 0 unspecified atom stereocenters. The quantitative estimate of drug-likeness (QED) is 0.372. The van der Waals surface area contributed by atoms with Gasteiger partial charge in [0.25, 0.3) is 0 Å². The van der Waals surface area contributed by atoms with E-state index in [1.165, 1.54) is 0 Å². The second-order valence-electron chi connectivity index (χ2n) is 0.448. The van der Waals surface area contributed by atoms with Crippen molar-refractivity contribution in [3.63, 3.8) is 0 Å². The van der Waals surface area contributed by atoms with Crippen molar-refractivity contribution >= 4 is 21.9 Å². The topological polar surface area (TPSA) is 74.6 Å². The minimum Gasteiger partial charge on any atom is -0.0149 e. The van der Waals surface area contributed by atoms with Crippen molar-refractivity contribution in [2.75, 3.05) is 0 Å². The predicted octanol–water partition coefficient (Wildman–Crippen LogP) is -4.26. The molecule has 0 saturated heterocycles. The third-order valence-corrected chi connectivity index (χ3v) is 0. The fourth-order valence-corrected chi connectivity index (χ4v) is 0. The molecule has 0 aromatic carbocycles. The molecule has 0 rings (SSSR count). The van der Waals surface area contributed by atoms with Gasteiger partial charge >= 0.3 is 29.5 Å². The Morgan fingerprint density at radius 1 is 1.00 bits per heavy atom. The molecule has 0 radical (unpaired) electrons. The van der Waals surface area contributed by atoms with Crippen molar-refractivity contribution in [3.05, 3.63) is 0 Å². The van der Waals surface area contributed by atoms with Gasteiger partial charge in [0.1, 0.15) is 0 Å². The van der Waals surface area contributed by atoms with Crippen molar-refractivity contribution in [1.29, 1.82) is 0 Å². The summed E-state index contributed by atoms with van der Waals surface area (Å²) in [7, 11) is 0. The minimum absolute atomic E-state index is 0. The van der Waals surface area contributed by atoms with Gasteiger partial charge in [-0.25, -0.2) is 0 Å². The Morgan fingerprint density at radius 3 is 1.00 bits per heavy atom. The molecule has 0 spiro atoms. The molecular weight excluding hydrogens is 172 g/mol. The van der Waals surface area contributed by atoms with E-state index in [9.17, 15) is 0 Å². The number of hydrogen-bond acceptors (Lipinski definition) is 2. The Bertz CT molecular complexity index is 92.9. The molecule has 0 aromatic rings. The van der Waals surface area contributed by atoms with Crippen molar-refractivity contribution in [3.8, 4) is 0 Å². The van der Waals surface area contributed by atoms with Crippen LogP contribution < -0.4 is 0 Å². The monoisotopic (exact) mass is 182 g/mol. The fraction of sp³-hybridized carbons (Fsp3) is 0. The summed E-state index contributed by atoms with van der Waals surface area (Å²) in [6.07, 6.45) is 0. The van der Waals surface area contributed by atoms with E-state index < -0.39 is 13.6 Å². The number of rotatable bonds is 0. The van der Waals surface area contributed by atoms with E-state index in [-0.39, 0.29) is 21.9 Å². The molecule has 0 bridgehead atoms. The van der Waals surface area contributed by atoms with Gasteiger partial charge in [-0.2, -0.15) is 0 Å². The second kappa shape index (κ2) is 4.64. The summed E-state index contributed by atoms with van der Waals surface area (Å²) in [5, 5.41) is 0. The summed E-state index contributed by atoms with van der Waals surface area (Å²) < 4.78 is 31.9. The first kappa shape index (κ1) is 15.6. The maximum Gasteiger partial charge on any atom is -0.0149 e. The van der Waals surface area contributed by atoms with E-state index >= 15 is 0 Å². The molecule has 0 amide bonds. The van der Waals surface area contributed by atoms with Crippen LogP contribution in [0.2, 0.25) is 0 Å². The van der Waals surface area contributed by atoms with E-state index in [4.69, 9.17) is 15.9 Å². The summed E-state index contributed by atoms with van der Waals surface area (Å²) in [6.45, 7) is 0. The summed E-state index contributed by atoms with van der Waals surface area (Å²) >= 11 is -5.25. The molecular formula is H10CrO4Si2. The molecule has 0 heterocycles. The average molecular weight is 182 g/mol. The molecule has 0 saturated carbocycles. The molecule has 2 N–H and O–H groups in total. The molecule has 0 aromatic heterocycles. The van der Waals surface area contributed by atoms with Crippen LogP contribution in [0.1, 0.15) is 0 Å². The SMILES string of the molecule is [O]=[Cr](=[O])([OH])[OH].[SiH4].[SiH4]. The zero-order chi connectivity index (χ0) is 4.50. The maximum absolute atomic E-state index is 8.82. The molecule has 0 aliphatic carbocycles. The minimum atomic E-state index is -5.25. The average Bonchev–Trinajstić information content (AvgIpc) is 0.722. The van der Waals surface area contributed by atoms with Crippen molar-refractivity contribution in [2.24, 2.45) is 0 Å². The number of hydrogen-bond donors (Lipinski definition) is 2. The fourth-order valence-electron chi connectivity index (χ4n) is 0. The van der Waals surface area contributed by atoms with E-state index in [0.717, 1.165) is 0 Å². The summed E-state index contributed by atoms with van der Waals surface area (Å²) in [6, 6.07) is 0. The van der Waals surface area contributed by atoms with Crippen molar-refractivity contribution < 1.29 is 29.5 Å². The Labute approximate surface area is 52.0 Å². The molecule has 7 heteroatoms. The van der Waals surface area contributed by atoms with Gasteiger partial charge in [0.05, 0.1) is 0 Å².